The lowest BCUT2D eigenvalue weighted by atomic mass is 10.2. The van der Waals surface area contributed by atoms with Gasteiger partial charge in [0.2, 0.25) is 0 Å². The zero-order valence-electron chi connectivity index (χ0n) is 11.9. The van der Waals surface area contributed by atoms with Gasteiger partial charge in [0.15, 0.2) is 0 Å². The van der Waals surface area contributed by atoms with Crippen LogP contribution in [-0.2, 0) is 15.7 Å². The van der Waals surface area contributed by atoms with Crippen LogP contribution in [0.4, 0.5) is 19.0 Å². The summed E-state index contributed by atoms with van der Waals surface area (Å²) in [4.78, 5) is 16.7. The van der Waals surface area contributed by atoms with Gasteiger partial charge in [0.25, 0.3) is 0 Å². The highest BCUT2D eigenvalue weighted by Gasteiger charge is 2.37. The molecule has 1 rings (SSSR count). The molecule has 0 N–H and O–H groups in total. The molecule has 0 bridgehead atoms. The summed E-state index contributed by atoms with van der Waals surface area (Å²) < 4.78 is 44.4. The maximum absolute atomic E-state index is 13.1. The van der Waals surface area contributed by atoms with Crippen molar-refractivity contribution in [2.75, 3.05) is 18.1 Å². The lowest BCUT2D eigenvalue weighted by Crippen LogP contribution is -2.38. The van der Waals surface area contributed by atoms with Crippen LogP contribution in [0, 0.1) is 0 Å². The molecule has 0 saturated carbocycles. The molecule has 1 heterocycles. The Morgan fingerprint density at radius 3 is 2.57 bits per heavy atom. The summed E-state index contributed by atoms with van der Waals surface area (Å²) in [7, 11) is 0. The zero-order valence-corrected chi connectivity index (χ0v) is 13.5. The number of carbonyl (C=O) groups is 1. The number of anilines is 1. The number of nitrogens with zero attached hydrogens (tertiary/aromatic N) is 2. The average Bonchev–Trinajstić information content (AvgIpc) is 2.35. The Labute approximate surface area is 129 Å². The molecule has 1 aromatic heterocycles. The van der Waals surface area contributed by atoms with Crippen molar-refractivity contribution in [3.05, 3.63) is 22.3 Å². The fraction of sp³-hybridized carbons (Fsp3) is 0.538. The topological polar surface area (TPSA) is 42.4 Å². The average molecular weight is 369 g/mol. The molecule has 0 aliphatic carbocycles. The minimum Gasteiger partial charge on any atom is -0.465 e. The molecule has 118 valence electrons. The van der Waals surface area contributed by atoms with E-state index >= 15 is 0 Å². The largest absolute Gasteiger partial charge is 0.465 e. The molecule has 0 aliphatic heterocycles. The fourth-order valence-electron chi connectivity index (χ4n) is 1.72. The van der Waals surface area contributed by atoms with Gasteiger partial charge in [-0.1, -0.05) is 0 Å². The molecule has 0 aromatic carbocycles. The van der Waals surface area contributed by atoms with Crippen molar-refractivity contribution >= 4 is 27.7 Å². The number of pyridine rings is 1. The molecule has 0 amide bonds. The first-order valence-electron chi connectivity index (χ1n) is 6.31. The number of halogens is 4. The minimum absolute atomic E-state index is 0.171. The predicted molar refractivity (Wildman–Crippen MR) is 76.1 cm³/mol. The van der Waals surface area contributed by atoms with E-state index < -0.39 is 17.7 Å². The van der Waals surface area contributed by atoms with Crippen LogP contribution in [0.1, 0.15) is 26.3 Å². The number of hydrogen-bond donors (Lipinski definition) is 0. The Hall–Kier alpha value is -1.31. The van der Waals surface area contributed by atoms with Crippen LogP contribution < -0.4 is 4.90 Å². The van der Waals surface area contributed by atoms with Crippen molar-refractivity contribution in [2.24, 2.45) is 0 Å². The van der Waals surface area contributed by atoms with E-state index in [4.69, 9.17) is 4.74 Å². The monoisotopic (exact) mass is 368 g/mol. The number of hydrogen-bond acceptors (Lipinski definition) is 4. The normalized spacial score (nSPS) is 11.6. The second-order valence-electron chi connectivity index (χ2n) is 4.55. The summed E-state index contributed by atoms with van der Waals surface area (Å²) in [6.45, 7) is 4.89. The third-order valence-electron chi connectivity index (χ3n) is 2.64. The van der Waals surface area contributed by atoms with Gasteiger partial charge in [-0.3, -0.25) is 4.79 Å². The standard InChI is InChI=1S/C13H16BrF3N2O2/c1-4-21-11(20)7-19(8(2)3)12-10(13(15,16)17)5-9(14)6-18-12/h5-6,8H,4,7H2,1-3H3. The van der Waals surface area contributed by atoms with E-state index in [1.54, 1.807) is 20.8 Å². The highest BCUT2D eigenvalue weighted by Crippen LogP contribution is 2.37. The first-order valence-corrected chi connectivity index (χ1v) is 7.11. The van der Waals surface area contributed by atoms with Gasteiger partial charge in [0.05, 0.1) is 12.2 Å². The highest BCUT2D eigenvalue weighted by atomic mass is 79.9. The Bertz CT molecular complexity index is 507. The van der Waals surface area contributed by atoms with Crippen molar-refractivity contribution in [1.29, 1.82) is 0 Å². The van der Waals surface area contributed by atoms with Crippen molar-refractivity contribution < 1.29 is 22.7 Å². The van der Waals surface area contributed by atoms with E-state index in [2.05, 4.69) is 20.9 Å². The lowest BCUT2D eigenvalue weighted by Gasteiger charge is -2.29. The predicted octanol–water partition coefficient (Wildman–Crippen LogP) is 3.64. The van der Waals surface area contributed by atoms with Crippen LogP contribution in [-0.4, -0.2) is 30.1 Å². The van der Waals surface area contributed by atoms with Gasteiger partial charge in [-0.25, -0.2) is 4.98 Å². The number of ether oxygens (including phenoxy) is 1. The molecular formula is C13H16BrF3N2O2. The third kappa shape index (κ3) is 4.87. The number of esters is 1. The smallest absolute Gasteiger partial charge is 0.419 e. The second-order valence-corrected chi connectivity index (χ2v) is 5.46. The lowest BCUT2D eigenvalue weighted by molar-refractivity contribution is -0.142. The molecule has 0 radical (unpaired) electrons. The van der Waals surface area contributed by atoms with Crippen LogP contribution in [0.25, 0.3) is 0 Å². The first-order chi connectivity index (χ1) is 9.66. The molecular weight excluding hydrogens is 353 g/mol. The van der Waals surface area contributed by atoms with Crippen LogP contribution in [0.15, 0.2) is 16.7 Å². The fourth-order valence-corrected chi connectivity index (χ4v) is 2.05. The van der Waals surface area contributed by atoms with E-state index in [0.29, 0.717) is 0 Å². The summed E-state index contributed by atoms with van der Waals surface area (Å²) in [5.74, 6) is -0.877. The van der Waals surface area contributed by atoms with Crippen LogP contribution in [0.5, 0.6) is 0 Å². The Kier molecular flexibility index (Phi) is 6.00. The number of carbonyl (C=O) groups excluding carboxylic acids is 1. The van der Waals surface area contributed by atoms with Gasteiger partial charge in [-0.05, 0) is 42.8 Å². The maximum Gasteiger partial charge on any atom is 0.419 e. The Morgan fingerprint density at radius 2 is 2.10 bits per heavy atom. The molecule has 0 fully saturated rings. The number of aromatic nitrogens is 1. The molecule has 0 saturated heterocycles. The summed E-state index contributed by atoms with van der Waals surface area (Å²) in [6, 6.07) is 0.604. The summed E-state index contributed by atoms with van der Waals surface area (Å²) in [5, 5.41) is 0. The molecule has 1 aromatic rings. The Morgan fingerprint density at radius 1 is 1.48 bits per heavy atom. The summed E-state index contributed by atoms with van der Waals surface area (Å²) >= 11 is 2.98. The van der Waals surface area contributed by atoms with E-state index in [9.17, 15) is 18.0 Å². The zero-order chi connectivity index (χ0) is 16.2. The molecule has 0 atom stereocenters. The molecule has 4 nitrogen and oxygen atoms in total. The molecule has 21 heavy (non-hydrogen) atoms. The first kappa shape index (κ1) is 17.7. The number of rotatable bonds is 5. The minimum atomic E-state index is -4.56. The summed E-state index contributed by atoms with van der Waals surface area (Å²) in [5.41, 5.74) is -0.894. The van der Waals surface area contributed by atoms with Crippen LogP contribution in [0.3, 0.4) is 0 Å². The van der Waals surface area contributed by atoms with Gasteiger partial charge < -0.3 is 9.64 Å². The van der Waals surface area contributed by atoms with Crippen LogP contribution >= 0.6 is 15.9 Å². The summed E-state index contributed by atoms with van der Waals surface area (Å²) in [6.07, 6.45) is -3.29. The van der Waals surface area contributed by atoms with E-state index in [1.165, 1.54) is 11.1 Å². The molecule has 0 aliphatic rings. The van der Waals surface area contributed by atoms with Gasteiger partial charge in [0, 0.05) is 16.7 Å². The second kappa shape index (κ2) is 7.11. The van der Waals surface area contributed by atoms with Crippen LogP contribution in [0.2, 0.25) is 0 Å². The van der Waals surface area contributed by atoms with Crippen molar-refractivity contribution in [1.82, 2.24) is 4.98 Å². The SMILES string of the molecule is CCOC(=O)CN(c1ncc(Br)cc1C(F)(F)F)C(C)C. The van der Waals surface area contributed by atoms with Crippen molar-refractivity contribution in [2.45, 2.75) is 33.0 Å². The highest BCUT2D eigenvalue weighted by molar-refractivity contribution is 9.10. The van der Waals surface area contributed by atoms with Gasteiger partial charge in [-0.2, -0.15) is 13.2 Å². The Balaban J connectivity index is 3.23. The quantitative estimate of drug-likeness (QED) is 0.744. The van der Waals surface area contributed by atoms with E-state index in [0.717, 1.165) is 6.07 Å². The molecule has 0 unspecified atom stereocenters. The van der Waals surface area contributed by atoms with E-state index in [-0.39, 0.29) is 29.5 Å². The van der Waals surface area contributed by atoms with Gasteiger partial charge in [-0.15, -0.1) is 0 Å². The maximum atomic E-state index is 13.1. The third-order valence-corrected chi connectivity index (χ3v) is 3.07. The molecule has 8 heteroatoms. The molecule has 0 spiro atoms. The van der Waals surface area contributed by atoms with E-state index in [1.807, 2.05) is 0 Å². The number of alkyl halides is 3. The van der Waals surface area contributed by atoms with Gasteiger partial charge in [0.1, 0.15) is 12.4 Å². The van der Waals surface area contributed by atoms with Crippen molar-refractivity contribution in [3.8, 4) is 0 Å². The van der Waals surface area contributed by atoms with Gasteiger partial charge >= 0.3 is 12.1 Å². The van der Waals surface area contributed by atoms with Crippen molar-refractivity contribution in [3.63, 3.8) is 0 Å².